The predicted octanol–water partition coefficient (Wildman–Crippen LogP) is 2.13. The molecule has 0 aromatic rings. The lowest BCUT2D eigenvalue weighted by Crippen LogP contribution is -2.49. The molecule has 1 aliphatic rings. The van der Waals surface area contributed by atoms with Crippen molar-refractivity contribution in [1.82, 2.24) is 4.90 Å². The Hall–Kier alpha value is 0.400. The van der Waals surface area contributed by atoms with Crippen molar-refractivity contribution in [3.8, 4) is 0 Å². The third kappa shape index (κ3) is 3.56. The van der Waals surface area contributed by atoms with Gasteiger partial charge < -0.3 is 4.74 Å². The van der Waals surface area contributed by atoms with Crippen molar-refractivity contribution in [2.75, 3.05) is 25.0 Å². The molecule has 2 unspecified atom stereocenters. The molecule has 0 spiro atoms. The van der Waals surface area contributed by atoms with E-state index in [2.05, 4.69) is 41.6 Å². The fraction of sp³-hybridized carbons (Fsp3) is 1.00. The van der Waals surface area contributed by atoms with Crippen LogP contribution in [0.1, 0.15) is 20.8 Å². The summed E-state index contributed by atoms with van der Waals surface area (Å²) < 4.78 is 5.66. The zero-order valence-corrected chi connectivity index (χ0v) is 10.4. The van der Waals surface area contributed by atoms with Gasteiger partial charge in [-0.3, -0.25) is 4.90 Å². The van der Waals surface area contributed by atoms with Gasteiger partial charge in [0.25, 0.3) is 0 Å². The first-order valence-electron chi connectivity index (χ1n) is 5.05. The van der Waals surface area contributed by atoms with Crippen LogP contribution in [0.4, 0.5) is 0 Å². The van der Waals surface area contributed by atoms with Crippen LogP contribution in [0.3, 0.4) is 0 Å². The second kappa shape index (κ2) is 5.32. The number of alkyl halides is 1. The van der Waals surface area contributed by atoms with Crippen LogP contribution in [0, 0.1) is 5.92 Å². The van der Waals surface area contributed by atoms with Gasteiger partial charge in [-0.25, -0.2) is 0 Å². The third-order valence-corrected chi connectivity index (χ3v) is 3.13. The van der Waals surface area contributed by atoms with Crippen molar-refractivity contribution in [1.29, 1.82) is 0 Å². The second-order valence-electron chi connectivity index (χ2n) is 4.31. The van der Waals surface area contributed by atoms with Gasteiger partial charge in [0, 0.05) is 24.5 Å². The maximum atomic E-state index is 5.66. The molecule has 78 valence electrons. The Balaban J connectivity index is 2.40. The SMILES string of the molecule is CC(C)CN1CC(CBr)OCC1C. The van der Waals surface area contributed by atoms with Crippen molar-refractivity contribution in [2.45, 2.75) is 32.9 Å². The summed E-state index contributed by atoms with van der Waals surface area (Å²) in [7, 11) is 0. The average Bonchev–Trinajstić information content (AvgIpc) is 2.08. The quantitative estimate of drug-likeness (QED) is 0.711. The Morgan fingerprint density at radius 3 is 2.77 bits per heavy atom. The van der Waals surface area contributed by atoms with Crippen LogP contribution in [0.15, 0.2) is 0 Å². The molecule has 2 nitrogen and oxygen atoms in total. The van der Waals surface area contributed by atoms with Crippen molar-refractivity contribution in [2.24, 2.45) is 5.92 Å². The highest BCUT2D eigenvalue weighted by molar-refractivity contribution is 9.09. The van der Waals surface area contributed by atoms with E-state index in [9.17, 15) is 0 Å². The van der Waals surface area contributed by atoms with Crippen LogP contribution in [0.2, 0.25) is 0 Å². The number of halogens is 1. The Kier molecular flexibility index (Phi) is 4.70. The molecule has 0 aromatic carbocycles. The molecule has 1 rings (SSSR count). The minimum atomic E-state index is 0.384. The van der Waals surface area contributed by atoms with E-state index in [0.717, 1.165) is 24.4 Å². The summed E-state index contributed by atoms with van der Waals surface area (Å²) >= 11 is 3.47. The largest absolute Gasteiger partial charge is 0.374 e. The monoisotopic (exact) mass is 249 g/mol. The first kappa shape index (κ1) is 11.5. The van der Waals surface area contributed by atoms with Crippen molar-refractivity contribution in [3.05, 3.63) is 0 Å². The molecule has 0 N–H and O–H groups in total. The van der Waals surface area contributed by atoms with E-state index in [4.69, 9.17) is 4.74 Å². The molecule has 1 heterocycles. The fourth-order valence-corrected chi connectivity index (χ4v) is 2.08. The number of ether oxygens (including phenoxy) is 1. The Labute approximate surface area is 89.8 Å². The second-order valence-corrected chi connectivity index (χ2v) is 4.95. The van der Waals surface area contributed by atoms with Gasteiger partial charge in [-0.05, 0) is 12.8 Å². The predicted molar refractivity (Wildman–Crippen MR) is 59.4 cm³/mol. The molecular formula is C10H20BrNO. The summed E-state index contributed by atoms with van der Waals surface area (Å²) in [6.07, 6.45) is 0.384. The first-order valence-corrected chi connectivity index (χ1v) is 6.17. The van der Waals surface area contributed by atoms with Crippen LogP contribution < -0.4 is 0 Å². The number of hydrogen-bond donors (Lipinski definition) is 0. The Morgan fingerprint density at radius 2 is 2.23 bits per heavy atom. The third-order valence-electron chi connectivity index (χ3n) is 2.41. The van der Waals surface area contributed by atoms with Gasteiger partial charge in [0.05, 0.1) is 12.7 Å². The highest BCUT2D eigenvalue weighted by Crippen LogP contribution is 2.14. The molecule has 0 aromatic heterocycles. The summed E-state index contributed by atoms with van der Waals surface area (Å²) in [5.41, 5.74) is 0. The summed E-state index contributed by atoms with van der Waals surface area (Å²) in [5.74, 6) is 0.747. The normalized spacial score (nSPS) is 31.2. The molecule has 1 saturated heterocycles. The number of morpholine rings is 1. The molecule has 0 amide bonds. The molecule has 0 radical (unpaired) electrons. The maximum absolute atomic E-state index is 5.66. The van der Waals surface area contributed by atoms with Gasteiger partial charge in [0.2, 0.25) is 0 Å². The minimum absolute atomic E-state index is 0.384. The van der Waals surface area contributed by atoms with Crippen LogP contribution in [0.5, 0.6) is 0 Å². The van der Waals surface area contributed by atoms with E-state index < -0.39 is 0 Å². The number of nitrogens with zero attached hydrogens (tertiary/aromatic N) is 1. The van der Waals surface area contributed by atoms with E-state index in [1.807, 2.05) is 0 Å². The van der Waals surface area contributed by atoms with Gasteiger partial charge in [-0.2, -0.15) is 0 Å². The highest BCUT2D eigenvalue weighted by atomic mass is 79.9. The molecule has 1 fully saturated rings. The van der Waals surface area contributed by atoms with E-state index in [0.29, 0.717) is 12.1 Å². The Morgan fingerprint density at radius 1 is 1.54 bits per heavy atom. The lowest BCUT2D eigenvalue weighted by Gasteiger charge is -2.38. The van der Waals surface area contributed by atoms with Crippen molar-refractivity contribution >= 4 is 15.9 Å². The van der Waals surface area contributed by atoms with Crippen LogP contribution in [-0.4, -0.2) is 42.1 Å². The molecular weight excluding hydrogens is 230 g/mol. The fourth-order valence-electron chi connectivity index (χ4n) is 1.69. The molecule has 0 bridgehead atoms. The van der Waals surface area contributed by atoms with Crippen LogP contribution >= 0.6 is 15.9 Å². The lowest BCUT2D eigenvalue weighted by atomic mass is 10.1. The van der Waals surface area contributed by atoms with Crippen LogP contribution in [0.25, 0.3) is 0 Å². The molecule has 13 heavy (non-hydrogen) atoms. The van der Waals surface area contributed by atoms with E-state index in [1.165, 1.54) is 6.54 Å². The zero-order chi connectivity index (χ0) is 9.84. The molecule has 2 atom stereocenters. The summed E-state index contributed by atoms with van der Waals surface area (Å²) in [5, 5.41) is 0.953. The molecule has 0 saturated carbocycles. The highest BCUT2D eigenvalue weighted by Gasteiger charge is 2.25. The van der Waals surface area contributed by atoms with Gasteiger partial charge in [0.1, 0.15) is 0 Å². The van der Waals surface area contributed by atoms with Crippen LogP contribution in [-0.2, 0) is 4.74 Å². The molecule has 3 heteroatoms. The van der Waals surface area contributed by atoms with Gasteiger partial charge in [0.15, 0.2) is 0 Å². The molecule has 1 aliphatic heterocycles. The van der Waals surface area contributed by atoms with Crippen molar-refractivity contribution < 1.29 is 4.74 Å². The lowest BCUT2D eigenvalue weighted by molar-refractivity contribution is -0.0501. The number of rotatable bonds is 3. The van der Waals surface area contributed by atoms with Gasteiger partial charge in [-0.15, -0.1) is 0 Å². The maximum Gasteiger partial charge on any atom is 0.0799 e. The van der Waals surface area contributed by atoms with Gasteiger partial charge >= 0.3 is 0 Å². The Bertz CT molecular complexity index is 152. The average molecular weight is 250 g/mol. The first-order chi connectivity index (χ1) is 6.13. The standard InChI is InChI=1S/C10H20BrNO/c1-8(2)5-12-6-10(4-11)13-7-9(12)3/h8-10H,4-7H2,1-3H3. The number of hydrogen-bond acceptors (Lipinski definition) is 2. The van der Waals surface area contributed by atoms with E-state index in [1.54, 1.807) is 0 Å². The summed E-state index contributed by atoms with van der Waals surface area (Å²) in [6, 6.07) is 0.581. The van der Waals surface area contributed by atoms with Gasteiger partial charge in [-0.1, -0.05) is 29.8 Å². The summed E-state index contributed by atoms with van der Waals surface area (Å²) in [4.78, 5) is 2.53. The zero-order valence-electron chi connectivity index (χ0n) is 8.79. The summed E-state index contributed by atoms with van der Waals surface area (Å²) in [6.45, 7) is 9.92. The smallest absolute Gasteiger partial charge is 0.0799 e. The minimum Gasteiger partial charge on any atom is -0.374 e. The molecule has 0 aliphatic carbocycles. The van der Waals surface area contributed by atoms with E-state index >= 15 is 0 Å². The van der Waals surface area contributed by atoms with Crippen molar-refractivity contribution in [3.63, 3.8) is 0 Å². The van der Waals surface area contributed by atoms with E-state index in [-0.39, 0.29) is 0 Å². The topological polar surface area (TPSA) is 12.5 Å².